The molecule has 0 N–H and O–H groups in total. The monoisotopic (exact) mass is 621 g/mol. The van der Waals surface area contributed by atoms with Gasteiger partial charge in [0.15, 0.2) is 0 Å². The van der Waals surface area contributed by atoms with E-state index in [-0.39, 0.29) is 0 Å². The number of hydrogen-bond donors (Lipinski definition) is 0. The molecule has 0 fully saturated rings. The number of nitrogens with zero attached hydrogens (tertiary/aromatic N) is 1. The molecule has 0 bridgehead atoms. The van der Waals surface area contributed by atoms with Crippen LogP contribution in [0, 0.1) is 0 Å². The Bertz CT molecular complexity index is 2670. The van der Waals surface area contributed by atoms with Gasteiger partial charge in [0.05, 0.1) is 5.69 Å². The molecule has 49 heavy (non-hydrogen) atoms. The lowest BCUT2D eigenvalue weighted by atomic mass is 9.97. The van der Waals surface area contributed by atoms with E-state index in [0.29, 0.717) is 0 Å². The molecule has 0 aliphatic heterocycles. The molecule has 1 nitrogen and oxygen atoms in total. The molecule has 0 saturated carbocycles. The van der Waals surface area contributed by atoms with E-state index in [4.69, 9.17) is 0 Å². The quantitative estimate of drug-likeness (QED) is 0.173. The van der Waals surface area contributed by atoms with Gasteiger partial charge in [-0.25, -0.2) is 0 Å². The molecule has 9 aromatic rings. The van der Waals surface area contributed by atoms with Crippen LogP contribution in [0.25, 0.3) is 76.8 Å². The van der Waals surface area contributed by atoms with Crippen LogP contribution in [0.15, 0.2) is 188 Å². The number of fused-ring (bicyclic) bond motifs is 6. The van der Waals surface area contributed by atoms with Gasteiger partial charge >= 0.3 is 0 Å². The van der Waals surface area contributed by atoms with Crippen LogP contribution in [0.3, 0.4) is 0 Å². The predicted molar refractivity (Wildman–Crippen MR) is 209 cm³/mol. The lowest BCUT2D eigenvalue weighted by Gasteiger charge is -2.28. The number of anilines is 3. The highest BCUT2D eigenvalue weighted by atomic mass is 15.1. The highest BCUT2D eigenvalue weighted by Gasteiger charge is 2.24. The van der Waals surface area contributed by atoms with Gasteiger partial charge < -0.3 is 4.90 Å². The first-order valence-electron chi connectivity index (χ1n) is 16.9. The Morgan fingerprint density at radius 2 is 0.878 bits per heavy atom. The SMILES string of the molecule is c1ccc(-c2cccc(N(c3ccc(-c4ccc5c(ccc6ccccc65)c4)cc3)c3ccc4c5c(cccc35)-c3ccccc3-4)c2)cc1. The topological polar surface area (TPSA) is 3.24 Å². The standard InChI is InChI=1S/C48H31N/c1-2-10-32(11-3-1)35-13-8-14-39(31-35)49(47-29-28-45-43-17-7-6-16-42(43)44-18-9-19-46(47)48(44)45)38-25-22-33(23-26-38)36-24-27-41-37(30-36)21-20-34-12-4-5-15-40(34)41/h1-31H. The molecule has 10 rings (SSSR count). The second-order valence-electron chi connectivity index (χ2n) is 12.9. The highest BCUT2D eigenvalue weighted by Crippen LogP contribution is 2.51. The molecule has 0 atom stereocenters. The Labute approximate surface area is 286 Å². The van der Waals surface area contributed by atoms with E-state index in [0.717, 1.165) is 11.4 Å². The van der Waals surface area contributed by atoms with Crippen molar-refractivity contribution in [1.82, 2.24) is 0 Å². The average Bonchev–Trinajstić information content (AvgIpc) is 3.51. The highest BCUT2D eigenvalue weighted by molar-refractivity contribution is 6.19. The zero-order valence-corrected chi connectivity index (χ0v) is 26.8. The van der Waals surface area contributed by atoms with Crippen molar-refractivity contribution in [3.8, 4) is 44.5 Å². The molecular weight excluding hydrogens is 591 g/mol. The summed E-state index contributed by atoms with van der Waals surface area (Å²) in [5.41, 5.74) is 13.5. The first-order valence-corrected chi connectivity index (χ1v) is 16.9. The summed E-state index contributed by atoms with van der Waals surface area (Å²) in [6, 6.07) is 68.7. The van der Waals surface area contributed by atoms with Crippen molar-refractivity contribution in [2.45, 2.75) is 0 Å². The van der Waals surface area contributed by atoms with Crippen molar-refractivity contribution in [3.05, 3.63) is 188 Å². The summed E-state index contributed by atoms with van der Waals surface area (Å²) >= 11 is 0. The fraction of sp³-hybridized carbons (Fsp3) is 0. The van der Waals surface area contributed by atoms with E-state index in [1.54, 1.807) is 0 Å². The first kappa shape index (κ1) is 27.7. The van der Waals surface area contributed by atoms with E-state index < -0.39 is 0 Å². The zero-order valence-electron chi connectivity index (χ0n) is 26.8. The maximum atomic E-state index is 2.43. The van der Waals surface area contributed by atoms with Crippen molar-refractivity contribution >= 4 is 49.4 Å². The minimum atomic E-state index is 1.12. The van der Waals surface area contributed by atoms with Gasteiger partial charge in [-0.2, -0.15) is 0 Å². The minimum Gasteiger partial charge on any atom is -0.310 e. The van der Waals surface area contributed by atoms with E-state index in [2.05, 4.69) is 193 Å². The van der Waals surface area contributed by atoms with Crippen molar-refractivity contribution in [1.29, 1.82) is 0 Å². The normalized spacial score (nSPS) is 11.7. The van der Waals surface area contributed by atoms with Crippen molar-refractivity contribution < 1.29 is 0 Å². The molecule has 1 aliphatic carbocycles. The first-order chi connectivity index (χ1) is 24.3. The molecule has 0 radical (unpaired) electrons. The van der Waals surface area contributed by atoms with Gasteiger partial charge in [-0.1, -0.05) is 152 Å². The minimum absolute atomic E-state index is 1.12. The third-order valence-corrected chi connectivity index (χ3v) is 10.2. The summed E-state index contributed by atoms with van der Waals surface area (Å²) in [4.78, 5) is 2.43. The van der Waals surface area contributed by atoms with Gasteiger partial charge in [-0.3, -0.25) is 0 Å². The lowest BCUT2D eigenvalue weighted by Crippen LogP contribution is -2.10. The Balaban J connectivity index is 1.13. The van der Waals surface area contributed by atoms with Crippen LogP contribution in [0.1, 0.15) is 0 Å². The van der Waals surface area contributed by atoms with Gasteiger partial charge in [0.25, 0.3) is 0 Å². The van der Waals surface area contributed by atoms with E-state index >= 15 is 0 Å². The maximum Gasteiger partial charge on any atom is 0.0540 e. The third kappa shape index (κ3) is 4.47. The van der Waals surface area contributed by atoms with Crippen LogP contribution >= 0.6 is 0 Å². The predicted octanol–water partition coefficient (Wildman–Crippen LogP) is 13.6. The van der Waals surface area contributed by atoms with E-state index in [9.17, 15) is 0 Å². The largest absolute Gasteiger partial charge is 0.310 e. The summed E-state index contributed by atoms with van der Waals surface area (Å²) in [5, 5.41) is 7.69. The molecule has 0 unspecified atom stereocenters. The molecule has 9 aromatic carbocycles. The van der Waals surface area contributed by atoms with Crippen LogP contribution in [0.2, 0.25) is 0 Å². The Hall–Kier alpha value is -6.44. The number of hydrogen-bond acceptors (Lipinski definition) is 1. The molecular formula is C48H31N. The second kappa shape index (κ2) is 11.1. The van der Waals surface area contributed by atoms with Crippen LogP contribution in [-0.2, 0) is 0 Å². The Morgan fingerprint density at radius 1 is 0.286 bits per heavy atom. The van der Waals surface area contributed by atoms with Crippen molar-refractivity contribution in [3.63, 3.8) is 0 Å². The fourth-order valence-electron chi connectivity index (χ4n) is 7.87. The fourth-order valence-corrected chi connectivity index (χ4v) is 7.87. The smallest absolute Gasteiger partial charge is 0.0540 e. The van der Waals surface area contributed by atoms with Gasteiger partial charge in [0, 0.05) is 16.8 Å². The molecule has 228 valence electrons. The van der Waals surface area contributed by atoms with Gasteiger partial charge in [-0.15, -0.1) is 0 Å². The molecule has 1 aliphatic rings. The molecule has 0 saturated heterocycles. The number of benzene rings is 9. The lowest BCUT2D eigenvalue weighted by molar-refractivity contribution is 1.30. The Kier molecular flexibility index (Phi) is 6.25. The summed E-state index contributed by atoms with van der Waals surface area (Å²) in [6.07, 6.45) is 0. The zero-order chi connectivity index (χ0) is 32.3. The number of rotatable bonds is 5. The van der Waals surface area contributed by atoms with Crippen LogP contribution in [0.5, 0.6) is 0 Å². The van der Waals surface area contributed by atoms with Crippen LogP contribution in [-0.4, -0.2) is 0 Å². The van der Waals surface area contributed by atoms with Gasteiger partial charge in [0.1, 0.15) is 0 Å². The van der Waals surface area contributed by atoms with E-state index in [1.807, 2.05) is 0 Å². The summed E-state index contributed by atoms with van der Waals surface area (Å²) < 4.78 is 0. The third-order valence-electron chi connectivity index (χ3n) is 10.2. The summed E-state index contributed by atoms with van der Waals surface area (Å²) in [5.74, 6) is 0. The molecule has 0 heterocycles. The van der Waals surface area contributed by atoms with E-state index in [1.165, 1.54) is 82.5 Å². The molecule has 0 spiro atoms. The Morgan fingerprint density at radius 3 is 1.73 bits per heavy atom. The summed E-state index contributed by atoms with van der Waals surface area (Å²) in [6.45, 7) is 0. The van der Waals surface area contributed by atoms with Crippen molar-refractivity contribution in [2.24, 2.45) is 0 Å². The second-order valence-corrected chi connectivity index (χ2v) is 12.9. The summed E-state index contributed by atoms with van der Waals surface area (Å²) in [7, 11) is 0. The molecule has 1 heteroatoms. The average molecular weight is 622 g/mol. The van der Waals surface area contributed by atoms with Crippen LogP contribution < -0.4 is 4.90 Å². The van der Waals surface area contributed by atoms with Crippen molar-refractivity contribution in [2.75, 3.05) is 4.90 Å². The van der Waals surface area contributed by atoms with Crippen LogP contribution in [0.4, 0.5) is 17.1 Å². The maximum absolute atomic E-state index is 2.43. The molecule has 0 amide bonds. The van der Waals surface area contributed by atoms with Gasteiger partial charge in [0.2, 0.25) is 0 Å². The van der Waals surface area contributed by atoms with Gasteiger partial charge in [-0.05, 0) is 108 Å². The molecule has 0 aromatic heterocycles.